The monoisotopic (exact) mass is 473 g/mol. The first kappa shape index (κ1) is 22.5. The maximum atomic E-state index is 12.4. The molecule has 0 saturated heterocycles. The van der Waals surface area contributed by atoms with Crippen LogP contribution in [0.1, 0.15) is 38.6 Å². The van der Waals surface area contributed by atoms with Crippen LogP contribution in [0, 0.1) is 6.92 Å². The van der Waals surface area contributed by atoms with E-state index in [1.165, 1.54) is 6.33 Å². The number of aryl methyl sites for hydroxylation is 1. The van der Waals surface area contributed by atoms with Crippen molar-refractivity contribution in [2.45, 2.75) is 39.7 Å². The van der Waals surface area contributed by atoms with Crippen LogP contribution in [0.2, 0.25) is 0 Å². The molecule has 1 amide bonds. The molecule has 0 fully saturated rings. The Balaban J connectivity index is 1.36. The van der Waals surface area contributed by atoms with E-state index < -0.39 is 5.60 Å². The molecule has 0 unspecified atom stereocenters. The summed E-state index contributed by atoms with van der Waals surface area (Å²) in [4.78, 5) is 31.8. The second kappa shape index (κ2) is 8.82. The van der Waals surface area contributed by atoms with Crippen LogP contribution in [0.4, 0.5) is 16.3 Å². The van der Waals surface area contributed by atoms with E-state index in [0.29, 0.717) is 36.8 Å². The molecule has 1 aliphatic heterocycles. The van der Waals surface area contributed by atoms with Crippen LogP contribution in [0.15, 0.2) is 49.5 Å². The van der Waals surface area contributed by atoms with E-state index in [1.54, 1.807) is 22.1 Å². The van der Waals surface area contributed by atoms with Crippen molar-refractivity contribution in [3.63, 3.8) is 0 Å². The van der Waals surface area contributed by atoms with Crippen molar-refractivity contribution in [1.82, 2.24) is 39.0 Å². The van der Waals surface area contributed by atoms with Gasteiger partial charge in [-0.25, -0.2) is 29.4 Å². The molecule has 4 aromatic rings. The maximum absolute atomic E-state index is 12.4. The van der Waals surface area contributed by atoms with E-state index in [2.05, 4.69) is 36.4 Å². The Bertz CT molecular complexity index is 1400. The van der Waals surface area contributed by atoms with Crippen LogP contribution < -0.4 is 5.32 Å². The van der Waals surface area contributed by atoms with Gasteiger partial charge in [-0.05, 0) is 51.8 Å². The lowest BCUT2D eigenvalue weighted by molar-refractivity contribution is 0.0270. The second-order valence-electron chi connectivity index (χ2n) is 9.29. The number of hydrogen-bond acceptors (Lipinski definition) is 8. The number of carbonyl (C=O) groups excluding carboxylic acids is 1. The molecule has 0 radical (unpaired) electrons. The number of aromatic nitrogens is 7. The Labute approximate surface area is 202 Å². The normalized spacial score (nSPS) is 14.2. The molecule has 35 heavy (non-hydrogen) atoms. The Hall–Kier alpha value is -4.28. The average molecular weight is 474 g/mol. The molecule has 0 atom stereocenters. The number of nitrogens with one attached hydrogen (secondary N) is 1. The third kappa shape index (κ3) is 4.70. The third-order valence-electron chi connectivity index (χ3n) is 5.60. The number of ether oxygens (including phenoxy) is 1. The van der Waals surface area contributed by atoms with Crippen molar-refractivity contribution in [2.75, 3.05) is 18.4 Å². The molecule has 5 rings (SSSR count). The van der Waals surface area contributed by atoms with Crippen molar-refractivity contribution in [3.8, 4) is 5.82 Å². The van der Waals surface area contributed by atoms with E-state index in [1.807, 2.05) is 56.6 Å². The first-order valence-corrected chi connectivity index (χ1v) is 11.4. The fourth-order valence-corrected chi connectivity index (χ4v) is 3.90. The van der Waals surface area contributed by atoms with Gasteiger partial charge in [0.25, 0.3) is 0 Å². The van der Waals surface area contributed by atoms with Crippen molar-refractivity contribution in [1.29, 1.82) is 0 Å². The number of hydrogen-bond donors (Lipinski definition) is 1. The Kier molecular flexibility index (Phi) is 5.67. The highest BCUT2D eigenvalue weighted by molar-refractivity contribution is 5.76. The van der Waals surface area contributed by atoms with Crippen LogP contribution in [-0.4, -0.2) is 63.8 Å². The molecular formula is C24H27N9O2. The minimum atomic E-state index is -0.510. The van der Waals surface area contributed by atoms with Gasteiger partial charge in [0.15, 0.2) is 17.3 Å². The molecular weight excluding hydrogens is 446 g/mol. The highest BCUT2D eigenvalue weighted by Gasteiger charge is 2.25. The van der Waals surface area contributed by atoms with E-state index in [0.717, 1.165) is 22.6 Å². The molecule has 1 aliphatic rings. The summed E-state index contributed by atoms with van der Waals surface area (Å²) < 4.78 is 9.11. The van der Waals surface area contributed by atoms with Crippen LogP contribution in [-0.2, 0) is 4.74 Å². The standard InChI is InChI=1S/C24H27N9O2/c1-16-18(5-6-20(29-16)33-15-25-14-28-33)30-21-22-27-13-19(32(22)12-9-26-21)17-7-10-31(11-8-17)23(34)35-24(2,3)4/h5-7,9,12-15H,8,10-11H2,1-4H3,(H,26,30). The average Bonchev–Trinajstić information content (AvgIpc) is 3.50. The zero-order chi connectivity index (χ0) is 24.6. The minimum Gasteiger partial charge on any atom is -0.444 e. The fraction of sp³-hybridized carbons (Fsp3) is 0.333. The molecule has 0 bridgehead atoms. The number of carbonyl (C=O) groups is 1. The highest BCUT2D eigenvalue weighted by Crippen LogP contribution is 2.27. The molecule has 0 aromatic carbocycles. The summed E-state index contributed by atoms with van der Waals surface area (Å²) in [6.45, 7) is 8.62. The number of anilines is 2. The van der Waals surface area contributed by atoms with Gasteiger partial charge < -0.3 is 15.0 Å². The topological polar surface area (TPSA) is 115 Å². The number of fused-ring (bicyclic) bond motifs is 1. The lowest BCUT2D eigenvalue weighted by Crippen LogP contribution is -2.39. The number of imidazole rings is 1. The van der Waals surface area contributed by atoms with Crippen LogP contribution >= 0.6 is 0 Å². The molecule has 0 saturated carbocycles. The molecule has 5 heterocycles. The summed E-state index contributed by atoms with van der Waals surface area (Å²) in [7, 11) is 0. The number of rotatable bonds is 4. The number of nitrogens with zero attached hydrogens (tertiary/aromatic N) is 8. The molecule has 180 valence electrons. The summed E-state index contributed by atoms with van der Waals surface area (Å²) in [5.41, 5.74) is 3.92. The highest BCUT2D eigenvalue weighted by atomic mass is 16.6. The quantitative estimate of drug-likeness (QED) is 0.476. The first-order valence-electron chi connectivity index (χ1n) is 11.4. The number of pyridine rings is 1. The third-order valence-corrected chi connectivity index (χ3v) is 5.60. The van der Waals surface area contributed by atoms with Gasteiger partial charge in [0.05, 0.1) is 23.3 Å². The smallest absolute Gasteiger partial charge is 0.410 e. The summed E-state index contributed by atoms with van der Waals surface area (Å²) in [6, 6.07) is 3.80. The Morgan fingerprint density at radius 2 is 2.06 bits per heavy atom. The molecule has 4 aromatic heterocycles. The van der Waals surface area contributed by atoms with Gasteiger partial charge >= 0.3 is 6.09 Å². The fourth-order valence-electron chi connectivity index (χ4n) is 3.90. The van der Waals surface area contributed by atoms with Gasteiger partial charge in [-0.1, -0.05) is 6.08 Å². The molecule has 11 nitrogen and oxygen atoms in total. The number of amides is 1. The van der Waals surface area contributed by atoms with Gasteiger partial charge in [0, 0.05) is 25.5 Å². The predicted molar refractivity (Wildman–Crippen MR) is 131 cm³/mol. The van der Waals surface area contributed by atoms with E-state index >= 15 is 0 Å². The van der Waals surface area contributed by atoms with E-state index in [9.17, 15) is 4.79 Å². The van der Waals surface area contributed by atoms with Gasteiger partial charge in [-0.15, -0.1) is 0 Å². The summed E-state index contributed by atoms with van der Waals surface area (Å²) in [5, 5.41) is 7.48. The van der Waals surface area contributed by atoms with Crippen molar-refractivity contribution in [3.05, 3.63) is 60.8 Å². The summed E-state index contributed by atoms with van der Waals surface area (Å²) in [5.74, 6) is 1.31. The SMILES string of the molecule is Cc1nc(-n2cncn2)ccc1Nc1nccn2c(C3=CCN(C(=O)OC(C)(C)C)CC3)cnc12. The lowest BCUT2D eigenvalue weighted by atomic mass is 10.1. The first-order chi connectivity index (χ1) is 16.8. The molecule has 0 spiro atoms. The Morgan fingerprint density at radius 1 is 1.20 bits per heavy atom. The summed E-state index contributed by atoms with van der Waals surface area (Å²) >= 11 is 0. The predicted octanol–water partition coefficient (Wildman–Crippen LogP) is 3.78. The minimum absolute atomic E-state index is 0.291. The molecule has 11 heteroatoms. The largest absolute Gasteiger partial charge is 0.444 e. The molecule has 0 aliphatic carbocycles. The van der Waals surface area contributed by atoms with Crippen molar-refractivity contribution in [2.24, 2.45) is 0 Å². The maximum Gasteiger partial charge on any atom is 0.410 e. The van der Waals surface area contributed by atoms with E-state index in [-0.39, 0.29) is 6.09 Å². The zero-order valence-corrected chi connectivity index (χ0v) is 20.1. The van der Waals surface area contributed by atoms with Crippen LogP contribution in [0.3, 0.4) is 0 Å². The summed E-state index contributed by atoms with van der Waals surface area (Å²) in [6.07, 6.45) is 11.0. The van der Waals surface area contributed by atoms with Crippen molar-refractivity contribution >= 4 is 28.8 Å². The van der Waals surface area contributed by atoms with Crippen LogP contribution in [0.25, 0.3) is 17.0 Å². The Morgan fingerprint density at radius 3 is 2.74 bits per heavy atom. The zero-order valence-electron chi connectivity index (χ0n) is 20.1. The van der Waals surface area contributed by atoms with Gasteiger partial charge in [0.2, 0.25) is 0 Å². The second-order valence-corrected chi connectivity index (χ2v) is 9.29. The molecule has 1 N–H and O–H groups in total. The van der Waals surface area contributed by atoms with E-state index in [4.69, 9.17) is 4.74 Å². The van der Waals surface area contributed by atoms with Crippen LogP contribution in [0.5, 0.6) is 0 Å². The van der Waals surface area contributed by atoms with Gasteiger partial charge in [-0.3, -0.25) is 4.40 Å². The van der Waals surface area contributed by atoms with Crippen molar-refractivity contribution < 1.29 is 9.53 Å². The van der Waals surface area contributed by atoms with Gasteiger partial charge in [-0.2, -0.15) is 5.10 Å². The lowest BCUT2D eigenvalue weighted by Gasteiger charge is -2.29. The van der Waals surface area contributed by atoms with Gasteiger partial charge in [0.1, 0.15) is 18.3 Å².